The van der Waals surface area contributed by atoms with Gasteiger partial charge in [0.15, 0.2) is 5.79 Å². The predicted octanol–water partition coefficient (Wildman–Crippen LogP) is -0.526. The van der Waals surface area contributed by atoms with E-state index in [1.54, 1.807) is 0 Å². The SMILES string of the molecule is OC[C@H]1CC2(CCN1)OCCO2. The van der Waals surface area contributed by atoms with Crippen LogP contribution >= 0.6 is 0 Å². The number of hydrogen-bond acceptors (Lipinski definition) is 4. The quantitative estimate of drug-likeness (QED) is 0.560. The van der Waals surface area contributed by atoms with Crippen LogP contribution in [-0.2, 0) is 9.47 Å². The van der Waals surface area contributed by atoms with E-state index in [-0.39, 0.29) is 18.4 Å². The fraction of sp³-hybridized carbons (Fsp3) is 1.00. The van der Waals surface area contributed by atoms with E-state index in [9.17, 15) is 0 Å². The second kappa shape index (κ2) is 3.30. The second-order valence-electron chi connectivity index (χ2n) is 3.40. The highest BCUT2D eigenvalue weighted by Crippen LogP contribution is 2.30. The minimum absolute atomic E-state index is 0.136. The Morgan fingerprint density at radius 3 is 2.83 bits per heavy atom. The van der Waals surface area contributed by atoms with E-state index in [0.29, 0.717) is 13.2 Å². The molecule has 2 aliphatic heterocycles. The third kappa shape index (κ3) is 1.47. The van der Waals surface area contributed by atoms with Gasteiger partial charge in [0.05, 0.1) is 19.8 Å². The lowest BCUT2D eigenvalue weighted by molar-refractivity contribution is -0.181. The first-order valence-corrected chi connectivity index (χ1v) is 4.47. The van der Waals surface area contributed by atoms with Crippen LogP contribution in [0.25, 0.3) is 0 Å². The molecule has 70 valence electrons. The average molecular weight is 173 g/mol. The van der Waals surface area contributed by atoms with Crippen molar-refractivity contribution in [3.05, 3.63) is 0 Å². The Morgan fingerprint density at radius 1 is 1.42 bits per heavy atom. The molecule has 0 unspecified atom stereocenters. The molecule has 4 nitrogen and oxygen atoms in total. The van der Waals surface area contributed by atoms with Gasteiger partial charge in [-0.25, -0.2) is 0 Å². The van der Waals surface area contributed by atoms with E-state index in [0.717, 1.165) is 19.4 Å². The van der Waals surface area contributed by atoms with Crippen LogP contribution in [-0.4, -0.2) is 43.3 Å². The lowest BCUT2D eigenvalue weighted by atomic mass is 9.99. The van der Waals surface area contributed by atoms with Gasteiger partial charge in [-0.3, -0.25) is 0 Å². The lowest BCUT2D eigenvalue weighted by Crippen LogP contribution is -2.50. The van der Waals surface area contributed by atoms with Gasteiger partial charge in [-0.2, -0.15) is 0 Å². The highest BCUT2D eigenvalue weighted by molar-refractivity contribution is 4.86. The fourth-order valence-electron chi connectivity index (χ4n) is 1.90. The summed E-state index contributed by atoms with van der Waals surface area (Å²) in [6.45, 7) is 2.41. The zero-order valence-electron chi connectivity index (χ0n) is 7.08. The molecule has 0 bridgehead atoms. The third-order valence-corrected chi connectivity index (χ3v) is 2.53. The smallest absolute Gasteiger partial charge is 0.171 e. The molecule has 1 spiro atoms. The minimum Gasteiger partial charge on any atom is -0.395 e. The molecule has 2 aliphatic rings. The van der Waals surface area contributed by atoms with Crippen molar-refractivity contribution in [2.75, 3.05) is 26.4 Å². The molecule has 12 heavy (non-hydrogen) atoms. The van der Waals surface area contributed by atoms with Crippen molar-refractivity contribution in [1.29, 1.82) is 0 Å². The largest absolute Gasteiger partial charge is 0.395 e. The van der Waals surface area contributed by atoms with Crippen molar-refractivity contribution in [3.8, 4) is 0 Å². The molecule has 2 fully saturated rings. The maximum atomic E-state index is 8.96. The number of hydrogen-bond donors (Lipinski definition) is 2. The molecule has 2 heterocycles. The van der Waals surface area contributed by atoms with E-state index in [4.69, 9.17) is 14.6 Å². The van der Waals surface area contributed by atoms with Gasteiger partial charge in [-0.15, -0.1) is 0 Å². The van der Waals surface area contributed by atoms with Crippen LogP contribution in [0.4, 0.5) is 0 Å². The van der Waals surface area contributed by atoms with Crippen molar-refractivity contribution >= 4 is 0 Å². The molecule has 0 aromatic heterocycles. The number of nitrogens with one attached hydrogen (secondary N) is 1. The molecule has 0 aromatic rings. The molecule has 4 heteroatoms. The monoisotopic (exact) mass is 173 g/mol. The van der Waals surface area contributed by atoms with Crippen molar-refractivity contribution in [3.63, 3.8) is 0 Å². The van der Waals surface area contributed by atoms with E-state index in [1.807, 2.05) is 0 Å². The molecule has 0 aromatic carbocycles. The van der Waals surface area contributed by atoms with Gasteiger partial charge in [0.1, 0.15) is 0 Å². The maximum absolute atomic E-state index is 8.96. The Hall–Kier alpha value is -0.160. The first-order valence-electron chi connectivity index (χ1n) is 4.47. The summed E-state index contributed by atoms with van der Waals surface area (Å²) in [5, 5.41) is 12.2. The van der Waals surface area contributed by atoms with Crippen LogP contribution < -0.4 is 5.32 Å². The normalized spacial score (nSPS) is 34.2. The summed E-state index contributed by atoms with van der Waals surface area (Å²) >= 11 is 0. The van der Waals surface area contributed by atoms with Gasteiger partial charge in [0, 0.05) is 25.4 Å². The topological polar surface area (TPSA) is 50.7 Å². The first-order chi connectivity index (χ1) is 5.85. The Balaban J connectivity index is 1.97. The van der Waals surface area contributed by atoms with Crippen LogP contribution in [0, 0.1) is 0 Å². The zero-order chi connectivity index (χ0) is 8.44. The number of ether oxygens (including phenoxy) is 2. The molecule has 2 saturated heterocycles. The summed E-state index contributed by atoms with van der Waals surface area (Å²) < 4.78 is 11.1. The van der Waals surface area contributed by atoms with Gasteiger partial charge < -0.3 is 19.9 Å². The highest BCUT2D eigenvalue weighted by atomic mass is 16.7. The van der Waals surface area contributed by atoms with E-state index < -0.39 is 0 Å². The van der Waals surface area contributed by atoms with Crippen molar-refractivity contribution in [2.24, 2.45) is 0 Å². The van der Waals surface area contributed by atoms with E-state index in [2.05, 4.69) is 5.32 Å². The molecule has 2 rings (SSSR count). The Labute approximate surface area is 71.9 Å². The average Bonchev–Trinajstić information content (AvgIpc) is 2.53. The van der Waals surface area contributed by atoms with Crippen molar-refractivity contribution in [2.45, 2.75) is 24.7 Å². The van der Waals surface area contributed by atoms with E-state index in [1.165, 1.54) is 0 Å². The molecular weight excluding hydrogens is 158 g/mol. The molecule has 0 amide bonds. The van der Waals surface area contributed by atoms with Crippen molar-refractivity contribution in [1.82, 2.24) is 5.32 Å². The van der Waals surface area contributed by atoms with Crippen LogP contribution in [0.3, 0.4) is 0 Å². The van der Waals surface area contributed by atoms with Gasteiger partial charge in [0.2, 0.25) is 0 Å². The zero-order valence-corrected chi connectivity index (χ0v) is 7.08. The van der Waals surface area contributed by atoms with Crippen LogP contribution in [0.5, 0.6) is 0 Å². The Bertz CT molecular complexity index is 156. The molecule has 0 radical (unpaired) electrons. The van der Waals surface area contributed by atoms with E-state index >= 15 is 0 Å². The maximum Gasteiger partial charge on any atom is 0.171 e. The summed E-state index contributed by atoms with van der Waals surface area (Å²) in [4.78, 5) is 0. The predicted molar refractivity (Wildman–Crippen MR) is 42.7 cm³/mol. The first kappa shape index (κ1) is 8.44. The molecular formula is C8H15NO3. The lowest BCUT2D eigenvalue weighted by Gasteiger charge is -2.36. The van der Waals surface area contributed by atoms with Crippen LogP contribution in [0.15, 0.2) is 0 Å². The number of rotatable bonds is 1. The molecule has 0 aliphatic carbocycles. The number of aliphatic hydroxyl groups excluding tert-OH is 1. The second-order valence-corrected chi connectivity index (χ2v) is 3.40. The summed E-state index contributed by atoms with van der Waals surface area (Å²) in [7, 11) is 0. The van der Waals surface area contributed by atoms with Crippen molar-refractivity contribution < 1.29 is 14.6 Å². The summed E-state index contributed by atoms with van der Waals surface area (Å²) in [6.07, 6.45) is 1.66. The Morgan fingerprint density at radius 2 is 2.17 bits per heavy atom. The number of piperidine rings is 1. The summed E-state index contributed by atoms with van der Waals surface area (Å²) in [5.41, 5.74) is 0. The highest BCUT2D eigenvalue weighted by Gasteiger charge is 2.40. The minimum atomic E-state index is -0.376. The van der Waals surface area contributed by atoms with Gasteiger partial charge in [-0.1, -0.05) is 0 Å². The summed E-state index contributed by atoms with van der Waals surface area (Å²) in [5.74, 6) is -0.376. The molecule has 1 atom stereocenters. The van der Waals surface area contributed by atoms with Crippen LogP contribution in [0.2, 0.25) is 0 Å². The Kier molecular flexibility index (Phi) is 2.32. The van der Waals surface area contributed by atoms with Gasteiger partial charge in [0.25, 0.3) is 0 Å². The third-order valence-electron chi connectivity index (χ3n) is 2.53. The number of aliphatic hydroxyl groups is 1. The molecule has 0 saturated carbocycles. The fourth-order valence-corrected chi connectivity index (χ4v) is 1.90. The standard InChI is InChI=1S/C8H15NO3/c10-6-7-5-8(1-2-9-7)11-3-4-12-8/h7,9-10H,1-6H2/t7-/m1/s1. The summed E-state index contributed by atoms with van der Waals surface area (Å²) in [6, 6.07) is 0.136. The van der Waals surface area contributed by atoms with Gasteiger partial charge >= 0.3 is 0 Å². The van der Waals surface area contributed by atoms with Gasteiger partial charge in [-0.05, 0) is 0 Å². The molecule has 2 N–H and O–H groups in total. The van der Waals surface area contributed by atoms with Crippen LogP contribution in [0.1, 0.15) is 12.8 Å².